The van der Waals surface area contributed by atoms with Crippen molar-refractivity contribution in [3.05, 3.63) is 46.7 Å². The number of anilines is 1. The SMILES string of the molecule is CCCCCc1ccc2[nH]c(-c3cc([C@@H](C)NC(=O)c4ncnc(N)c4Cl)on3)nc2n1. The average Bonchev–Trinajstić information content (AvgIpc) is 3.42. The van der Waals surface area contributed by atoms with Gasteiger partial charge < -0.3 is 20.6 Å². The smallest absolute Gasteiger partial charge is 0.272 e. The van der Waals surface area contributed by atoms with Crippen LogP contribution in [0.5, 0.6) is 0 Å². The number of hydrogen-bond donors (Lipinski definition) is 3. The second-order valence-electron chi connectivity index (χ2n) is 7.45. The van der Waals surface area contributed by atoms with Gasteiger partial charge >= 0.3 is 0 Å². The molecule has 10 nitrogen and oxygen atoms in total. The molecule has 0 aromatic carbocycles. The molecule has 4 rings (SSSR count). The van der Waals surface area contributed by atoms with Gasteiger partial charge in [0.25, 0.3) is 5.91 Å². The summed E-state index contributed by atoms with van der Waals surface area (Å²) >= 11 is 6.02. The Hall–Kier alpha value is -3.53. The molecule has 166 valence electrons. The van der Waals surface area contributed by atoms with E-state index in [-0.39, 0.29) is 16.5 Å². The summed E-state index contributed by atoms with van der Waals surface area (Å²) in [6, 6.07) is 5.20. The number of halogens is 1. The summed E-state index contributed by atoms with van der Waals surface area (Å²) in [4.78, 5) is 32.5. The topological polar surface area (TPSA) is 148 Å². The van der Waals surface area contributed by atoms with E-state index in [1.807, 2.05) is 12.1 Å². The lowest BCUT2D eigenvalue weighted by atomic mass is 10.1. The first-order valence-corrected chi connectivity index (χ1v) is 10.7. The van der Waals surface area contributed by atoms with Gasteiger partial charge in [0.05, 0.1) is 11.6 Å². The van der Waals surface area contributed by atoms with E-state index in [1.165, 1.54) is 19.2 Å². The number of nitrogen functional groups attached to an aromatic ring is 1. The molecular formula is C21H23ClN8O2. The number of nitrogens with two attached hydrogens (primary N) is 1. The number of unbranched alkanes of at least 4 members (excludes halogenated alkanes) is 2. The average molecular weight is 455 g/mol. The van der Waals surface area contributed by atoms with E-state index in [0.717, 1.165) is 24.1 Å². The minimum Gasteiger partial charge on any atom is -0.382 e. The van der Waals surface area contributed by atoms with Crippen LogP contribution in [0, 0.1) is 0 Å². The molecular weight excluding hydrogens is 432 g/mol. The number of aromatic amines is 1. The lowest BCUT2D eigenvalue weighted by molar-refractivity contribution is 0.0929. The summed E-state index contributed by atoms with van der Waals surface area (Å²) in [6.07, 6.45) is 5.56. The van der Waals surface area contributed by atoms with E-state index in [1.54, 1.807) is 13.0 Å². The van der Waals surface area contributed by atoms with Crippen molar-refractivity contribution in [2.75, 3.05) is 5.73 Å². The highest BCUT2D eigenvalue weighted by atomic mass is 35.5. The van der Waals surface area contributed by atoms with Crippen LogP contribution in [0.3, 0.4) is 0 Å². The summed E-state index contributed by atoms with van der Waals surface area (Å²) in [5.74, 6) is 0.519. The zero-order valence-corrected chi connectivity index (χ0v) is 18.5. The van der Waals surface area contributed by atoms with Crippen LogP contribution in [0.2, 0.25) is 5.02 Å². The molecule has 4 aromatic rings. The number of nitrogens with one attached hydrogen (secondary N) is 2. The number of nitrogens with zero attached hydrogens (tertiary/aromatic N) is 5. The zero-order valence-electron chi connectivity index (χ0n) is 17.7. The highest BCUT2D eigenvalue weighted by Crippen LogP contribution is 2.24. The molecule has 1 amide bonds. The van der Waals surface area contributed by atoms with Gasteiger partial charge in [0.2, 0.25) is 0 Å². The molecule has 0 radical (unpaired) electrons. The molecule has 0 aliphatic heterocycles. The molecule has 0 saturated heterocycles. The number of imidazole rings is 1. The molecule has 0 aliphatic rings. The van der Waals surface area contributed by atoms with Crippen molar-refractivity contribution >= 4 is 34.5 Å². The fourth-order valence-corrected chi connectivity index (χ4v) is 3.41. The summed E-state index contributed by atoms with van der Waals surface area (Å²) in [5, 5.41) is 6.84. The number of pyridine rings is 1. The van der Waals surface area contributed by atoms with E-state index in [4.69, 9.17) is 21.9 Å². The number of carbonyl (C=O) groups is 1. The van der Waals surface area contributed by atoms with Crippen LogP contribution in [-0.4, -0.2) is 36.0 Å². The highest BCUT2D eigenvalue weighted by Gasteiger charge is 2.21. The largest absolute Gasteiger partial charge is 0.382 e. The summed E-state index contributed by atoms with van der Waals surface area (Å²) < 4.78 is 5.42. The maximum absolute atomic E-state index is 12.5. The third-order valence-electron chi connectivity index (χ3n) is 5.02. The van der Waals surface area contributed by atoms with E-state index in [9.17, 15) is 4.79 Å². The molecule has 4 aromatic heterocycles. The number of H-pyrrole nitrogens is 1. The van der Waals surface area contributed by atoms with Crippen LogP contribution in [0.1, 0.15) is 61.1 Å². The van der Waals surface area contributed by atoms with Crippen LogP contribution in [0.4, 0.5) is 5.82 Å². The maximum atomic E-state index is 12.5. The predicted molar refractivity (Wildman–Crippen MR) is 120 cm³/mol. The van der Waals surface area contributed by atoms with E-state index in [2.05, 4.69) is 42.3 Å². The van der Waals surface area contributed by atoms with Crippen LogP contribution in [0.15, 0.2) is 29.0 Å². The molecule has 32 heavy (non-hydrogen) atoms. The number of aromatic nitrogens is 6. The third kappa shape index (κ3) is 4.54. The Kier molecular flexibility index (Phi) is 6.31. The van der Waals surface area contributed by atoms with Gasteiger partial charge in [0, 0.05) is 11.8 Å². The van der Waals surface area contributed by atoms with Crippen molar-refractivity contribution in [1.82, 2.24) is 35.4 Å². The van der Waals surface area contributed by atoms with Crippen LogP contribution in [0.25, 0.3) is 22.7 Å². The number of rotatable bonds is 8. The Bertz CT molecular complexity index is 1250. The molecule has 0 spiro atoms. The van der Waals surface area contributed by atoms with E-state index < -0.39 is 11.9 Å². The first-order chi connectivity index (χ1) is 15.5. The second-order valence-corrected chi connectivity index (χ2v) is 7.83. The Labute approximate surface area is 189 Å². The number of carbonyl (C=O) groups excluding carboxylic acids is 1. The standard InChI is InChI=1S/C21H23ClN8O2/c1-3-4-5-6-12-7-8-13-19(27-12)29-20(28-13)14-9-15(32-30-14)11(2)26-21(31)17-16(22)18(23)25-10-24-17/h7-11H,3-6H2,1-2H3,(H,26,31)(H2,23,24,25)(H,27,28,29)/t11-/m1/s1. The summed E-state index contributed by atoms with van der Waals surface area (Å²) in [5.41, 5.74) is 8.61. The fourth-order valence-electron chi connectivity index (χ4n) is 3.23. The second kappa shape index (κ2) is 9.31. The fraction of sp³-hybridized carbons (Fsp3) is 0.333. The lowest BCUT2D eigenvalue weighted by Gasteiger charge is -2.11. The van der Waals surface area contributed by atoms with Gasteiger partial charge in [-0.15, -0.1) is 0 Å². The van der Waals surface area contributed by atoms with Crippen molar-refractivity contribution < 1.29 is 9.32 Å². The molecule has 0 aliphatic carbocycles. The predicted octanol–water partition coefficient (Wildman–Crippen LogP) is 3.86. The quantitative estimate of drug-likeness (QED) is 0.340. The summed E-state index contributed by atoms with van der Waals surface area (Å²) in [7, 11) is 0. The van der Waals surface area contributed by atoms with Gasteiger partial charge in [-0.05, 0) is 31.9 Å². The minimum absolute atomic E-state index is 0.000650. The zero-order chi connectivity index (χ0) is 22.7. The Morgan fingerprint density at radius 1 is 1.28 bits per heavy atom. The van der Waals surface area contributed by atoms with Crippen molar-refractivity contribution in [2.24, 2.45) is 0 Å². The molecule has 0 saturated carbocycles. The monoisotopic (exact) mass is 454 g/mol. The van der Waals surface area contributed by atoms with E-state index >= 15 is 0 Å². The van der Waals surface area contributed by atoms with Gasteiger partial charge in [-0.1, -0.05) is 36.5 Å². The third-order valence-corrected chi connectivity index (χ3v) is 5.39. The van der Waals surface area contributed by atoms with Gasteiger partial charge in [-0.3, -0.25) is 4.79 Å². The Balaban J connectivity index is 1.48. The van der Waals surface area contributed by atoms with Crippen molar-refractivity contribution in [3.63, 3.8) is 0 Å². The molecule has 0 bridgehead atoms. The van der Waals surface area contributed by atoms with Gasteiger partial charge in [0.15, 0.2) is 22.9 Å². The van der Waals surface area contributed by atoms with Gasteiger partial charge in [0.1, 0.15) is 22.9 Å². The lowest BCUT2D eigenvalue weighted by Crippen LogP contribution is -2.27. The first-order valence-electron chi connectivity index (χ1n) is 10.4. The highest BCUT2D eigenvalue weighted by molar-refractivity contribution is 6.35. The number of amides is 1. The van der Waals surface area contributed by atoms with Crippen molar-refractivity contribution in [1.29, 1.82) is 0 Å². The van der Waals surface area contributed by atoms with Crippen molar-refractivity contribution in [3.8, 4) is 11.5 Å². The number of aryl methyl sites for hydroxylation is 1. The van der Waals surface area contributed by atoms with E-state index in [0.29, 0.717) is 22.9 Å². The van der Waals surface area contributed by atoms with Crippen LogP contribution >= 0.6 is 11.6 Å². The molecule has 4 N–H and O–H groups in total. The first kappa shape index (κ1) is 21.7. The Morgan fingerprint density at radius 2 is 2.12 bits per heavy atom. The molecule has 11 heteroatoms. The van der Waals surface area contributed by atoms with Crippen molar-refractivity contribution in [2.45, 2.75) is 45.6 Å². The maximum Gasteiger partial charge on any atom is 0.272 e. The van der Waals surface area contributed by atoms with Crippen LogP contribution < -0.4 is 11.1 Å². The molecule has 4 heterocycles. The van der Waals surface area contributed by atoms with Gasteiger partial charge in [-0.25, -0.2) is 19.9 Å². The molecule has 0 fully saturated rings. The van der Waals surface area contributed by atoms with Gasteiger partial charge in [-0.2, -0.15) is 0 Å². The minimum atomic E-state index is -0.502. The number of hydrogen-bond acceptors (Lipinski definition) is 8. The Morgan fingerprint density at radius 3 is 2.94 bits per heavy atom. The number of fused-ring (bicyclic) bond motifs is 1. The molecule has 1 atom stereocenters. The molecule has 0 unspecified atom stereocenters. The van der Waals surface area contributed by atoms with Crippen LogP contribution in [-0.2, 0) is 6.42 Å². The normalized spacial score (nSPS) is 12.2. The summed E-state index contributed by atoms with van der Waals surface area (Å²) in [6.45, 7) is 3.93.